The van der Waals surface area contributed by atoms with Crippen molar-refractivity contribution in [2.24, 2.45) is 0 Å². The number of hydrogen-bond acceptors (Lipinski definition) is 5. The van der Waals surface area contributed by atoms with Crippen LogP contribution in [-0.4, -0.2) is 59.1 Å². The van der Waals surface area contributed by atoms with Crippen LogP contribution in [0.15, 0.2) is 24.4 Å². The molecule has 1 aliphatic rings. The predicted molar refractivity (Wildman–Crippen MR) is 94.5 cm³/mol. The second-order valence-corrected chi connectivity index (χ2v) is 8.34. The number of methoxy groups -OCH3 is 1. The van der Waals surface area contributed by atoms with E-state index in [1.807, 2.05) is 0 Å². The van der Waals surface area contributed by atoms with E-state index in [1.165, 1.54) is 0 Å². The van der Waals surface area contributed by atoms with Gasteiger partial charge in [0.25, 0.3) is 0 Å². The summed E-state index contributed by atoms with van der Waals surface area (Å²) in [6, 6.07) is 6.28. The number of rotatable bonds is 4. The zero-order valence-electron chi connectivity index (χ0n) is 12.6. The van der Waals surface area contributed by atoms with Crippen LogP contribution in [-0.2, 0) is 4.74 Å². The van der Waals surface area contributed by atoms with Gasteiger partial charge in [0.05, 0.1) is 0 Å². The van der Waals surface area contributed by atoms with E-state index in [2.05, 4.69) is 33.1 Å². The summed E-state index contributed by atoms with van der Waals surface area (Å²) in [6.45, 7) is 3.30. The minimum absolute atomic E-state index is 0.219. The first-order valence-corrected chi connectivity index (χ1v) is 9.98. The molecular formula is C15H16AsCl2N3O2. The Morgan fingerprint density at radius 2 is 2.04 bits per heavy atom. The fraction of sp³-hybridized carbons (Fsp3) is 0.333. The predicted octanol–water partition coefficient (Wildman–Crippen LogP) is 1.02. The van der Waals surface area contributed by atoms with Gasteiger partial charge in [0, 0.05) is 0 Å². The van der Waals surface area contributed by atoms with Crippen molar-refractivity contribution in [3.05, 3.63) is 34.7 Å². The van der Waals surface area contributed by atoms with Crippen molar-refractivity contribution in [3.63, 3.8) is 0 Å². The Balaban J connectivity index is 1.86. The molecule has 23 heavy (non-hydrogen) atoms. The molecule has 0 amide bonds. The number of ether oxygens (including phenoxy) is 2. The zero-order valence-corrected chi connectivity index (χ0v) is 16.2. The second kappa shape index (κ2) is 7.71. The molecule has 0 spiro atoms. The van der Waals surface area contributed by atoms with Gasteiger partial charge in [-0.1, -0.05) is 0 Å². The fourth-order valence-corrected chi connectivity index (χ4v) is 5.22. The quantitative estimate of drug-likeness (QED) is 0.551. The molecule has 0 aliphatic carbocycles. The molecule has 1 aromatic carbocycles. The summed E-state index contributed by atoms with van der Waals surface area (Å²) in [4.78, 5) is 10.4. The van der Waals surface area contributed by atoms with Crippen molar-refractivity contribution in [2.45, 2.75) is 0 Å². The topological polar surface area (TPSA) is 47.5 Å². The molecule has 3 rings (SSSR count). The van der Waals surface area contributed by atoms with E-state index < -0.39 is 15.8 Å². The molecule has 1 aromatic heterocycles. The van der Waals surface area contributed by atoms with E-state index in [1.54, 1.807) is 13.3 Å². The molecule has 0 radical (unpaired) electrons. The number of morpholine rings is 1. The van der Waals surface area contributed by atoms with Crippen molar-refractivity contribution < 1.29 is 9.47 Å². The van der Waals surface area contributed by atoms with E-state index in [0.717, 1.165) is 46.6 Å². The summed E-state index contributed by atoms with van der Waals surface area (Å²) in [6.07, 6.45) is 1.55. The van der Waals surface area contributed by atoms with Crippen LogP contribution in [0.5, 0.6) is 5.75 Å². The van der Waals surface area contributed by atoms with Gasteiger partial charge in [-0.15, -0.1) is 0 Å². The summed E-state index contributed by atoms with van der Waals surface area (Å²) in [7, 11) is 1.68. The van der Waals surface area contributed by atoms with Crippen LogP contribution < -0.4 is 18.5 Å². The molecule has 1 saturated heterocycles. The summed E-state index contributed by atoms with van der Waals surface area (Å²) >= 11 is 11.3. The molecule has 1 unspecified atom stereocenters. The fourth-order valence-electron chi connectivity index (χ4n) is 2.36. The number of benzene rings is 1. The van der Waals surface area contributed by atoms with Crippen molar-refractivity contribution >= 4 is 53.5 Å². The maximum atomic E-state index is 6.18. The Morgan fingerprint density at radius 3 is 2.78 bits per heavy atom. The summed E-state index contributed by atoms with van der Waals surface area (Å²) in [5.41, 5.74) is 1.15. The van der Waals surface area contributed by atoms with Gasteiger partial charge >= 0.3 is 152 Å². The van der Waals surface area contributed by atoms with Crippen molar-refractivity contribution in [2.75, 3.05) is 38.3 Å². The number of halogens is 2. The Hall–Kier alpha value is -1.00. The first-order valence-electron chi connectivity index (χ1n) is 7.13. The summed E-state index contributed by atoms with van der Waals surface area (Å²) in [5, 5.41) is 0.769. The van der Waals surface area contributed by atoms with E-state index in [-0.39, 0.29) is 5.28 Å². The van der Waals surface area contributed by atoms with E-state index in [0.29, 0.717) is 5.02 Å². The van der Waals surface area contributed by atoms with Gasteiger partial charge in [-0.3, -0.25) is 0 Å². The molecular weight excluding hydrogens is 400 g/mol. The third-order valence-corrected chi connectivity index (χ3v) is 7.05. The summed E-state index contributed by atoms with van der Waals surface area (Å²) < 4.78 is 12.9. The van der Waals surface area contributed by atoms with Crippen molar-refractivity contribution in [1.29, 1.82) is 0 Å². The van der Waals surface area contributed by atoms with E-state index in [4.69, 9.17) is 32.7 Å². The molecule has 2 heterocycles. The van der Waals surface area contributed by atoms with Gasteiger partial charge in [0.2, 0.25) is 0 Å². The molecule has 8 heteroatoms. The SMILES string of the molecule is COc1cc(N2CCOCC2)ccc1[AsH]c1nc(Cl)ncc1Cl. The average Bonchev–Trinajstić information content (AvgIpc) is 2.59. The van der Waals surface area contributed by atoms with Gasteiger partial charge in [-0.05, 0) is 0 Å². The van der Waals surface area contributed by atoms with Gasteiger partial charge in [-0.2, -0.15) is 0 Å². The van der Waals surface area contributed by atoms with Gasteiger partial charge < -0.3 is 0 Å². The third kappa shape index (κ3) is 4.10. The van der Waals surface area contributed by atoms with Crippen LogP contribution in [0.3, 0.4) is 0 Å². The molecule has 0 N–H and O–H groups in total. The van der Waals surface area contributed by atoms with Crippen molar-refractivity contribution in [3.8, 4) is 5.75 Å². The first kappa shape index (κ1) is 16.8. The number of aromatic nitrogens is 2. The molecule has 2 aromatic rings. The third-order valence-electron chi connectivity index (χ3n) is 3.53. The number of hydrogen-bond donors (Lipinski definition) is 0. The van der Waals surface area contributed by atoms with Crippen LogP contribution in [0.2, 0.25) is 10.3 Å². The molecule has 0 saturated carbocycles. The monoisotopic (exact) mass is 415 g/mol. The Labute approximate surface area is 151 Å². The molecule has 1 atom stereocenters. The van der Waals surface area contributed by atoms with E-state index >= 15 is 0 Å². The van der Waals surface area contributed by atoms with Crippen molar-refractivity contribution in [1.82, 2.24) is 9.97 Å². The Kier molecular flexibility index (Phi) is 5.65. The van der Waals surface area contributed by atoms with E-state index in [9.17, 15) is 0 Å². The molecule has 0 bridgehead atoms. The first-order chi connectivity index (χ1) is 11.2. The van der Waals surface area contributed by atoms with Crippen LogP contribution in [0, 0.1) is 0 Å². The van der Waals surface area contributed by atoms with Crippen LogP contribution >= 0.6 is 23.2 Å². The summed E-state index contributed by atoms with van der Waals surface area (Å²) in [5.74, 6) is 0.861. The van der Waals surface area contributed by atoms with Gasteiger partial charge in [0.1, 0.15) is 0 Å². The zero-order chi connectivity index (χ0) is 16.2. The maximum absolute atomic E-state index is 6.18. The Morgan fingerprint density at radius 1 is 1.26 bits per heavy atom. The second-order valence-electron chi connectivity index (χ2n) is 4.94. The average molecular weight is 416 g/mol. The van der Waals surface area contributed by atoms with Gasteiger partial charge in [0.15, 0.2) is 0 Å². The number of nitrogens with zero attached hydrogens (tertiary/aromatic N) is 3. The van der Waals surface area contributed by atoms with Crippen LogP contribution in [0.25, 0.3) is 0 Å². The molecule has 1 aliphatic heterocycles. The van der Waals surface area contributed by atoms with Gasteiger partial charge in [-0.25, -0.2) is 0 Å². The normalized spacial score (nSPS) is 15.3. The molecule has 122 valence electrons. The minimum atomic E-state index is -0.760. The molecule has 5 nitrogen and oxygen atoms in total. The Bertz CT molecular complexity index is 696. The molecule has 1 fully saturated rings. The van der Waals surface area contributed by atoms with Crippen LogP contribution in [0.4, 0.5) is 5.69 Å². The standard InChI is InChI=1S/C15H16AsCl2N3O2/c1-22-13-8-10(21-4-6-23-7-5-21)2-3-11(13)16-14-12(17)9-19-15(18)20-14/h2-3,8-9,16H,4-7H2,1H3. The van der Waals surface area contributed by atoms with Crippen LogP contribution in [0.1, 0.15) is 0 Å². The number of anilines is 1.